The Bertz CT molecular complexity index is 1630. The molecule has 0 amide bonds. The van der Waals surface area contributed by atoms with E-state index in [2.05, 4.69) is 15.0 Å². The highest BCUT2D eigenvalue weighted by atomic mass is 19.4. The average Bonchev–Trinajstić information content (AvgIpc) is 2.79. The number of nitrogens with zero attached hydrogens (tertiary/aromatic N) is 3. The molecule has 5 rings (SSSR count). The lowest BCUT2D eigenvalue weighted by Crippen LogP contribution is -2.20. The van der Waals surface area contributed by atoms with Crippen LogP contribution in [0.1, 0.15) is 22.5 Å². The van der Waals surface area contributed by atoms with Crippen LogP contribution in [0.5, 0.6) is 0 Å². The zero-order valence-electron chi connectivity index (χ0n) is 17.9. The molecule has 0 radical (unpaired) electrons. The van der Waals surface area contributed by atoms with E-state index < -0.39 is 79.9 Å². The van der Waals surface area contributed by atoms with Gasteiger partial charge < -0.3 is 0 Å². The summed E-state index contributed by atoms with van der Waals surface area (Å²) >= 11 is 0. The van der Waals surface area contributed by atoms with Crippen LogP contribution in [0.2, 0.25) is 0 Å². The van der Waals surface area contributed by atoms with E-state index >= 15 is 0 Å². The molecule has 3 aromatic heterocycles. The van der Waals surface area contributed by atoms with Crippen LogP contribution >= 0.6 is 0 Å². The molecule has 0 aliphatic heterocycles. The summed E-state index contributed by atoms with van der Waals surface area (Å²) < 4.78 is 163. The number of aromatic nitrogens is 3. The quantitative estimate of drug-likeness (QED) is 0.110. The lowest BCUT2D eigenvalue weighted by atomic mass is 9.98. The van der Waals surface area contributed by atoms with Crippen molar-refractivity contribution >= 4 is 43.6 Å². The van der Waals surface area contributed by atoms with Crippen LogP contribution in [-0.2, 0) is 24.7 Å². The first kappa shape index (κ1) is 25.7. The van der Waals surface area contributed by atoms with Gasteiger partial charge in [-0.2, -0.15) is 52.7 Å². The Morgan fingerprint density at radius 1 is 0.447 bits per heavy atom. The van der Waals surface area contributed by atoms with Crippen LogP contribution < -0.4 is 0 Å². The molecular weight excluding hydrogens is 546 g/mol. The van der Waals surface area contributed by atoms with Gasteiger partial charge in [-0.3, -0.25) is 0 Å². The summed E-state index contributed by atoms with van der Waals surface area (Å²) in [4.78, 5) is 10.2. The summed E-state index contributed by atoms with van der Waals surface area (Å²) in [5.74, 6) is 0. The second kappa shape index (κ2) is 7.80. The van der Waals surface area contributed by atoms with Crippen molar-refractivity contribution in [1.82, 2.24) is 15.0 Å². The van der Waals surface area contributed by atoms with E-state index in [1.165, 1.54) is 24.3 Å². The molecule has 38 heavy (non-hydrogen) atoms. The zero-order chi connectivity index (χ0) is 28.0. The van der Waals surface area contributed by atoms with Crippen molar-refractivity contribution in [2.24, 2.45) is 0 Å². The van der Waals surface area contributed by atoms with Gasteiger partial charge in [-0.05, 0) is 24.3 Å². The van der Waals surface area contributed by atoms with Crippen LogP contribution in [-0.4, -0.2) is 15.0 Å². The number of fused-ring (bicyclic) bond motifs is 7. The summed E-state index contributed by atoms with van der Waals surface area (Å²) in [6.07, 6.45) is -22.6. The van der Waals surface area contributed by atoms with Crippen LogP contribution in [0.25, 0.3) is 43.6 Å². The normalized spacial score (nSPS) is 13.8. The highest BCUT2D eigenvalue weighted by Gasteiger charge is 2.47. The maximum absolute atomic E-state index is 13.6. The van der Waals surface area contributed by atoms with Crippen molar-refractivity contribution < 1.29 is 52.7 Å². The zero-order valence-corrected chi connectivity index (χ0v) is 17.9. The number of rotatable bonds is 0. The number of hydrogen-bond donors (Lipinski definition) is 0. The maximum Gasteiger partial charge on any atom is 0.433 e. The number of benzene rings is 2. The molecule has 15 heteroatoms. The fraction of sp³-hybridized carbons (Fsp3) is 0.174. The van der Waals surface area contributed by atoms with Crippen molar-refractivity contribution in [1.29, 1.82) is 0 Å². The summed E-state index contributed by atoms with van der Waals surface area (Å²) in [7, 11) is 0. The molecule has 3 heterocycles. The van der Waals surface area contributed by atoms with Crippen molar-refractivity contribution in [3.63, 3.8) is 0 Å². The first-order valence-corrected chi connectivity index (χ1v) is 10.2. The maximum atomic E-state index is 13.6. The van der Waals surface area contributed by atoms with Crippen molar-refractivity contribution in [3.8, 4) is 0 Å². The van der Waals surface area contributed by atoms with E-state index in [1.807, 2.05) is 0 Å². The highest BCUT2D eigenvalue weighted by Crippen LogP contribution is 2.46. The van der Waals surface area contributed by atoms with Gasteiger partial charge in [0.15, 0.2) is 11.4 Å². The SMILES string of the molecule is FC(F)(F)c1cc2c(nc1C(F)(F)F)c1cc(C(F)(F)F)c(C(F)(F)F)nc1c1cc3ccccc3nc21. The second-order valence-electron chi connectivity index (χ2n) is 8.13. The number of pyridine rings is 3. The van der Waals surface area contributed by atoms with Crippen molar-refractivity contribution in [3.05, 3.63) is 65.0 Å². The van der Waals surface area contributed by atoms with E-state index in [4.69, 9.17) is 0 Å². The Morgan fingerprint density at radius 3 is 1.26 bits per heavy atom. The van der Waals surface area contributed by atoms with Gasteiger partial charge in [0.1, 0.15) is 0 Å². The minimum absolute atomic E-state index is 0.0274. The highest BCUT2D eigenvalue weighted by molar-refractivity contribution is 6.23. The van der Waals surface area contributed by atoms with E-state index in [-0.39, 0.29) is 23.0 Å². The van der Waals surface area contributed by atoms with Gasteiger partial charge >= 0.3 is 24.7 Å². The van der Waals surface area contributed by atoms with Crippen LogP contribution in [0.4, 0.5) is 52.7 Å². The second-order valence-corrected chi connectivity index (χ2v) is 8.13. The van der Waals surface area contributed by atoms with Gasteiger partial charge in [-0.1, -0.05) is 18.2 Å². The molecule has 0 aliphatic carbocycles. The van der Waals surface area contributed by atoms with Gasteiger partial charge in [0, 0.05) is 21.5 Å². The molecule has 0 atom stereocenters. The van der Waals surface area contributed by atoms with Gasteiger partial charge in [0.2, 0.25) is 0 Å². The Kier molecular flexibility index (Phi) is 5.28. The van der Waals surface area contributed by atoms with Gasteiger partial charge in [-0.25, -0.2) is 15.0 Å². The molecule has 0 aliphatic rings. The molecule has 0 saturated carbocycles. The molecule has 0 bridgehead atoms. The van der Waals surface area contributed by atoms with E-state index in [0.717, 1.165) is 6.07 Å². The Balaban J connectivity index is 2.12. The van der Waals surface area contributed by atoms with Crippen LogP contribution in [0.3, 0.4) is 0 Å². The molecule has 5 aromatic rings. The van der Waals surface area contributed by atoms with Gasteiger partial charge in [0.05, 0.1) is 33.2 Å². The number of hydrogen-bond acceptors (Lipinski definition) is 3. The summed E-state index contributed by atoms with van der Waals surface area (Å²) in [6.45, 7) is 0. The Hall–Kier alpha value is -3.91. The van der Waals surface area contributed by atoms with Gasteiger partial charge in [-0.15, -0.1) is 0 Å². The lowest BCUT2D eigenvalue weighted by molar-refractivity contribution is -0.164. The van der Waals surface area contributed by atoms with E-state index in [0.29, 0.717) is 0 Å². The standard InChI is InChI=1S/C23H7F12N3/c24-20(25,26)12-6-10-15-9(5-8-3-1-2-4-14(8)36-15)16-11(17(10)38-19(12)23(33,34)35)7-13(21(27,28)29)18(37-16)22(30,31)32/h1-7H. The summed E-state index contributed by atoms with van der Waals surface area (Å²) in [5.41, 5.74) is -11.8. The molecule has 198 valence electrons. The first-order chi connectivity index (χ1) is 17.4. The third-order valence-electron chi connectivity index (χ3n) is 5.68. The average molecular weight is 553 g/mol. The largest absolute Gasteiger partial charge is 0.433 e. The van der Waals surface area contributed by atoms with Crippen molar-refractivity contribution in [2.75, 3.05) is 0 Å². The molecule has 0 unspecified atom stereocenters. The summed E-state index contributed by atoms with van der Waals surface area (Å²) in [5, 5.41) is -1.91. The third-order valence-corrected chi connectivity index (χ3v) is 5.68. The molecule has 2 aromatic carbocycles. The molecule has 0 N–H and O–H groups in total. The first-order valence-electron chi connectivity index (χ1n) is 10.2. The van der Waals surface area contributed by atoms with Crippen molar-refractivity contribution in [2.45, 2.75) is 24.7 Å². The Labute approximate surface area is 201 Å². The Morgan fingerprint density at radius 2 is 0.842 bits per heavy atom. The number of alkyl halides is 12. The van der Waals surface area contributed by atoms with Crippen LogP contribution in [0, 0.1) is 0 Å². The minimum atomic E-state index is -5.72. The monoisotopic (exact) mass is 553 g/mol. The molecule has 0 spiro atoms. The lowest BCUT2D eigenvalue weighted by Gasteiger charge is -2.19. The molecule has 0 saturated heterocycles. The predicted octanol–water partition coefficient (Wildman–Crippen LogP) is 8.56. The fourth-order valence-corrected chi connectivity index (χ4v) is 4.16. The van der Waals surface area contributed by atoms with E-state index in [9.17, 15) is 52.7 Å². The number of halogens is 12. The van der Waals surface area contributed by atoms with Crippen LogP contribution in [0.15, 0.2) is 42.5 Å². The third kappa shape index (κ3) is 4.09. The van der Waals surface area contributed by atoms with E-state index in [1.54, 1.807) is 0 Å². The smallest absolute Gasteiger partial charge is 0.247 e. The molecular formula is C23H7F12N3. The predicted molar refractivity (Wildman–Crippen MR) is 110 cm³/mol. The van der Waals surface area contributed by atoms with Gasteiger partial charge in [0.25, 0.3) is 0 Å². The fourth-order valence-electron chi connectivity index (χ4n) is 4.16. The summed E-state index contributed by atoms with van der Waals surface area (Å²) in [6, 6.07) is 6.77. The minimum Gasteiger partial charge on any atom is -0.247 e. The molecule has 3 nitrogen and oxygen atoms in total. The molecule has 0 fully saturated rings. The topological polar surface area (TPSA) is 38.7 Å². The number of para-hydroxylation sites is 1.